The largest absolute Gasteiger partial charge is 0.480 e. The lowest BCUT2D eigenvalue weighted by atomic mass is 10.1. The second-order valence-electron chi connectivity index (χ2n) is 7.81. The maximum atomic E-state index is 12.3. The van der Waals surface area contributed by atoms with E-state index < -0.39 is 23.3 Å². The van der Waals surface area contributed by atoms with Gasteiger partial charge in [-0.05, 0) is 61.0 Å². The summed E-state index contributed by atoms with van der Waals surface area (Å²) in [5.74, 6) is -1.28. The number of anilines is 2. The second-order valence-corrected chi connectivity index (χ2v) is 9.59. The van der Waals surface area contributed by atoms with Crippen LogP contribution in [0, 0.1) is 0 Å². The maximum Gasteiger partial charge on any atom is 0.327 e. The molecular formula is C24H24N2O6S2. The Labute approximate surface area is 202 Å². The van der Waals surface area contributed by atoms with Crippen molar-refractivity contribution in [3.63, 3.8) is 0 Å². The predicted molar refractivity (Wildman–Crippen MR) is 135 cm³/mol. The minimum Gasteiger partial charge on any atom is -0.480 e. The third kappa shape index (κ3) is 4.98. The molecule has 2 aromatic heterocycles. The number of fused-ring (bicyclic) bond motifs is 3. The van der Waals surface area contributed by atoms with Gasteiger partial charge in [0.1, 0.15) is 17.2 Å². The highest BCUT2D eigenvalue weighted by atomic mass is 32.2. The number of rotatable bonds is 10. The van der Waals surface area contributed by atoms with Crippen LogP contribution in [0.1, 0.15) is 26.2 Å². The number of amides is 1. The van der Waals surface area contributed by atoms with E-state index in [1.54, 1.807) is 23.1 Å². The molecule has 34 heavy (non-hydrogen) atoms. The second kappa shape index (κ2) is 10.4. The summed E-state index contributed by atoms with van der Waals surface area (Å²) in [6.07, 6.45) is 1.15. The third-order valence-corrected chi connectivity index (χ3v) is 7.31. The lowest BCUT2D eigenvalue weighted by molar-refractivity contribution is -0.138. The summed E-state index contributed by atoms with van der Waals surface area (Å²) in [7, 11) is 0. The number of furan rings is 1. The van der Waals surface area contributed by atoms with E-state index in [2.05, 4.69) is 0 Å². The van der Waals surface area contributed by atoms with E-state index in [9.17, 15) is 23.5 Å². The van der Waals surface area contributed by atoms with Crippen molar-refractivity contribution in [2.24, 2.45) is 0 Å². The Morgan fingerprint density at radius 3 is 2.50 bits per heavy atom. The molecule has 2 atom stereocenters. The molecule has 0 aliphatic carbocycles. The van der Waals surface area contributed by atoms with Crippen LogP contribution in [0.5, 0.6) is 0 Å². The number of carbonyl (C=O) groups excluding carboxylic acids is 1. The fraction of sp³-hybridized carbons (Fsp3) is 0.250. The smallest absolute Gasteiger partial charge is 0.327 e. The summed E-state index contributed by atoms with van der Waals surface area (Å²) in [6, 6.07) is 14.9. The van der Waals surface area contributed by atoms with Crippen molar-refractivity contribution < 1.29 is 27.9 Å². The predicted octanol–water partition coefficient (Wildman–Crippen LogP) is 5.27. The number of aliphatic carboxylic acids is 1. The summed E-state index contributed by atoms with van der Waals surface area (Å²) in [4.78, 5) is 25.7. The van der Waals surface area contributed by atoms with Gasteiger partial charge >= 0.3 is 5.97 Å². The average Bonchev–Trinajstić information content (AvgIpc) is 3.45. The monoisotopic (exact) mass is 500 g/mol. The number of carbonyl (C=O) groups is 2. The van der Waals surface area contributed by atoms with Crippen LogP contribution in [0.4, 0.5) is 10.7 Å². The Kier molecular flexibility index (Phi) is 7.30. The van der Waals surface area contributed by atoms with Gasteiger partial charge in [0, 0.05) is 24.2 Å². The van der Waals surface area contributed by atoms with Crippen LogP contribution < -0.4 is 9.21 Å². The minimum absolute atomic E-state index is 0.0871. The highest BCUT2D eigenvalue weighted by Gasteiger charge is 2.30. The van der Waals surface area contributed by atoms with E-state index in [1.165, 1.54) is 18.3 Å². The minimum atomic E-state index is -2.56. The molecule has 0 saturated carbocycles. The van der Waals surface area contributed by atoms with Gasteiger partial charge in [-0.1, -0.05) is 18.2 Å². The number of para-hydroxylation sites is 1. The molecule has 8 nitrogen and oxygen atoms in total. The summed E-state index contributed by atoms with van der Waals surface area (Å²) in [5, 5.41) is 14.2. The molecule has 0 aliphatic rings. The van der Waals surface area contributed by atoms with Crippen LogP contribution >= 0.6 is 11.3 Å². The molecule has 4 aromatic rings. The summed E-state index contributed by atoms with van der Waals surface area (Å²) < 4.78 is 29.1. The van der Waals surface area contributed by atoms with Crippen molar-refractivity contribution in [1.82, 2.24) is 0 Å². The summed E-state index contributed by atoms with van der Waals surface area (Å²) >= 11 is -1.10. The maximum absolute atomic E-state index is 12.3. The molecule has 2 heterocycles. The van der Waals surface area contributed by atoms with Crippen molar-refractivity contribution >= 4 is 67.1 Å². The van der Waals surface area contributed by atoms with Gasteiger partial charge < -0.3 is 14.4 Å². The van der Waals surface area contributed by atoms with Gasteiger partial charge in [-0.15, -0.1) is 11.3 Å². The first kappa shape index (κ1) is 23.9. The molecule has 0 spiro atoms. The Morgan fingerprint density at radius 1 is 1.06 bits per heavy atom. The normalized spacial score (nSPS) is 13.1. The van der Waals surface area contributed by atoms with Gasteiger partial charge in [0.2, 0.25) is 5.91 Å². The Morgan fingerprint density at radius 2 is 1.82 bits per heavy atom. The molecule has 0 aliphatic heterocycles. The molecule has 0 saturated heterocycles. The highest BCUT2D eigenvalue weighted by molar-refractivity contribution is 7.80. The summed E-state index contributed by atoms with van der Waals surface area (Å²) in [5.41, 5.74) is 1.61. The number of hydrogen-bond acceptors (Lipinski definition) is 5. The lowest BCUT2D eigenvalue weighted by Crippen LogP contribution is -2.42. The molecule has 0 fully saturated rings. The number of nitrogens with zero attached hydrogens (tertiary/aromatic N) is 2. The molecule has 0 bridgehead atoms. The molecule has 1 amide bonds. The molecule has 10 heteroatoms. The zero-order chi connectivity index (χ0) is 24.2. The quantitative estimate of drug-likeness (QED) is 0.227. The van der Waals surface area contributed by atoms with E-state index >= 15 is 0 Å². The number of benzene rings is 2. The van der Waals surface area contributed by atoms with Crippen LogP contribution in [0.15, 0.2) is 64.4 Å². The van der Waals surface area contributed by atoms with Crippen LogP contribution in [0.25, 0.3) is 21.9 Å². The number of unbranched alkanes of at least 4 members (excludes halogenated alkanes) is 1. The van der Waals surface area contributed by atoms with Gasteiger partial charge in [-0.3, -0.25) is 13.7 Å². The van der Waals surface area contributed by atoms with Gasteiger partial charge in [-0.2, -0.15) is 0 Å². The molecular weight excluding hydrogens is 476 g/mol. The van der Waals surface area contributed by atoms with E-state index in [-0.39, 0.29) is 12.3 Å². The van der Waals surface area contributed by atoms with E-state index in [0.717, 1.165) is 20.1 Å². The molecule has 2 aromatic carbocycles. The number of thiophene rings is 1. The molecule has 2 N–H and O–H groups in total. The number of carboxylic acids is 1. The fourth-order valence-electron chi connectivity index (χ4n) is 4.03. The Bertz CT molecular complexity index is 1330. The molecule has 4 rings (SSSR count). The summed E-state index contributed by atoms with van der Waals surface area (Å²) in [6.45, 7) is 1.93. The van der Waals surface area contributed by atoms with Crippen molar-refractivity contribution in [3.05, 3.63) is 60.0 Å². The van der Waals surface area contributed by atoms with E-state index in [0.29, 0.717) is 36.2 Å². The van der Waals surface area contributed by atoms with Crippen molar-refractivity contribution in [3.8, 4) is 0 Å². The van der Waals surface area contributed by atoms with E-state index in [1.807, 2.05) is 41.8 Å². The lowest BCUT2D eigenvalue weighted by Gasteiger charge is -2.27. The highest BCUT2D eigenvalue weighted by Crippen LogP contribution is 2.33. The van der Waals surface area contributed by atoms with Crippen LogP contribution in [0.3, 0.4) is 0 Å². The first-order valence-electron chi connectivity index (χ1n) is 10.7. The SMILES string of the molecule is CC(=O)N(CCCCC(C(=O)O)N(c1ccc2oc3ccccc3c2c1)S(=O)O)c1cccs1. The van der Waals surface area contributed by atoms with Gasteiger partial charge in [0.25, 0.3) is 11.3 Å². The zero-order valence-corrected chi connectivity index (χ0v) is 20.1. The molecule has 178 valence electrons. The van der Waals surface area contributed by atoms with E-state index in [4.69, 9.17) is 4.42 Å². The number of hydrogen-bond donors (Lipinski definition) is 2. The molecule has 2 unspecified atom stereocenters. The van der Waals surface area contributed by atoms with Crippen LogP contribution in [-0.4, -0.2) is 38.3 Å². The number of carboxylic acid groups (broad SMARTS) is 1. The molecule has 0 radical (unpaired) electrons. The van der Waals surface area contributed by atoms with Crippen molar-refractivity contribution in [2.75, 3.05) is 15.7 Å². The van der Waals surface area contributed by atoms with Gasteiger partial charge in [-0.25, -0.2) is 9.00 Å². The average molecular weight is 501 g/mol. The third-order valence-electron chi connectivity index (χ3n) is 5.61. The first-order chi connectivity index (χ1) is 16.4. The first-order valence-corrected chi connectivity index (χ1v) is 12.7. The van der Waals surface area contributed by atoms with Crippen LogP contribution in [0.2, 0.25) is 0 Å². The Hall–Kier alpha value is -3.21. The zero-order valence-electron chi connectivity index (χ0n) is 18.4. The standard InChI is InChI=1S/C24H24N2O6S2/c1-16(27)25(23-10-6-14-33-23)13-5-4-8-20(24(28)29)26(34(30)31)17-11-12-22-19(15-17)18-7-2-3-9-21(18)32-22/h2-3,6-7,9-12,14-15,20H,4-5,8,13H2,1H3,(H,28,29)(H,30,31). The van der Waals surface area contributed by atoms with Gasteiger partial charge in [0.15, 0.2) is 0 Å². The fourth-order valence-corrected chi connectivity index (χ4v) is 5.53. The topological polar surface area (TPSA) is 111 Å². The Balaban J connectivity index is 1.53. The van der Waals surface area contributed by atoms with Gasteiger partial charge in [0.05, 0.1) is 10.7 Å². The van der Waals surface area contributed by atoms with Crippen molar-refractivity contribution in [2.45, 2.75) is 32.2 Å². The van der Waals surface area contributed by atoms with Crippen LogP contribution in [-0.2, 0) is 20.9 Å². The van der Waals surface area contributed by atoms with Crippen molar-refractivity contribution in [1.29, 1.82) is 0 Å².